The molecule has 0 radical (unpaired) electrons. The molecule has 0 aliphatic carbocycles. The smallest absolute Gasteiger partial charge is 0.408 e. The number of nitrogens with zero attached hydrogens (tertiary/aromatic N) is 1. The first kappa shape index (κ1) is 14.5. The number of carbonyl (C=O) groups excluding carboxylic acids is 1. The monoisotopic (exact) mass is 224 g/mol. The van der Waals surface area contributed by atoms with Crippen molar-refractivity contribution < 1.29 is 9.53 Å². The Balaban J connectivity index is 4.37. The molecule has 0 aromatic heterocycles. The standard InChI is InChI=1S/C12H20N2O2/c1-9(2)10(7-6-8-13)14-11(15)16-12(3,4)5/h6-7,9-10H,1-5H3,(H,14,15). The molecule has 0 fully saturated rings. The van der Waals surface area contributed by atoms with E-state index in [1.807, 2.05) is 40.7 Å². The predicted molar refractivity (Wildman–Crippen MR) is 62.7 cm³/mol. The molecule has 90 valence electrons. The molecular formula is C12H20N2O2. The van der Waals surface area contributed by atoms with Crippen LogP contribution in [0.1, 0.15) is 34.6 Å². The maximum absolute atomic E-state index is 11.5. The fourth-order valence-corrected chi connectivity index (χ4v) is 1.03. The first-order valence-electron chi connectivity index (χ1n) is 5.32. The van der Waals surface area contributed by atoms with E-state index in [0.29, 0.717) is 0 Å². The highest BCUT2D eigenvalue weighted by Crippen LogP contribution is 2.09. The molecule has 1 unspecified atom stereocenters. The highest BCUT2D eigenvalue weighted by Gasteiger charge is 2.19. The van der Waals surface area contributed by atoms with Crippen molar-refractivity contribution in [3.05, 3.63) is 12.2 Å². The minimum atomic E-state index is -0.509. The average molecular weight is 224 g/mol. The van der Waals surface area contributed by atoms with Gasteiger partial charge in [0.15, 0.2) is 0 Å². The van der Waals surface area contributed by atoms with Crippen LogP contribution < -0.4 is 5.32 Å². The minimum Gasteiger partial charge on any atom is -0.444 e. The van der Waals surface area contributed by atoms with Crippen LogP contribution >= 0.6 is 0 Å². The van der Waals surface area contributed by atoms with E-state index in [9.17, 15) is 4.79 Å². The molecule has 0 saturated carbocycles. The van der Waals surface area contributed by atoms with E-state index in [4.69, 9.17) is 10.00 Å². The third kappa shape index (κ3) is 6.88. The lowest BCUT2D eigenvalue weighted by Gasteiger charge is -2.23. The normalized spacial score (nSPS) is 13.6. The van der Waals surface area contributed by atoms with Crippen molar-refractivity contribution in [1.82, 2.24) is 5.32 Å². The summed E-state index contributed by atoms with van der Waals surface area (Å²) in [6.07, 6.45) is 2.56. The van der Waals surface area contributed by atoms with Gasteiger partial charge in [0.1, 0.15) is 5.60 Å². The molecule has 0 bridgehead atoms. The van der Waals surface area contributed by atoms with Crippen molar-refractivity contribution in [3.63, 3.8) is 0 Å². The number of nitriles is 1. The summed E-state index contributed by atoms with van der Waals surface area (Å²) in [5.41, 5.74) is -0.509. The average Bonchev–Trinajstić information content (AvgIpc) is 2.08. The van der Waals surface area contributed by atoms with Gasteiger partial charge in [-0.25, -0.2) is 4.79 Å². The number of hydrogen-bond donors (Lipinski definition) is 1. The van der Waals surface area contributed by atoms with Crippen LogP contribution in [-0.4, -0.2) is 17.7 Å². The third-order valence-corrected chi connectivity index (χ3v) is 1.78. The maximum Gasteiger partial charge on any atom is 0.408 e. The molecular weight excluding hydrogens is 204 g/mol. The van der Waals surface area contributed by atoms with E-state index in [-0.39, 0.29) is 12.0 Å². The molecule has 0 aliphatic rings. The molecule has 0 aromatic rings. The molecule has 1 amide bonds. The zero-order valence-corrected chi connectivity index (χ0v) is 10.6. The van der Waals surface area contributed by atoms with Crippen LogP contribution in [-0.2, 0) is 4.74 Å². The van der Waals surface area contributed by atoms with E-state index >= 15 is 0 Å². The number of ether oxygens (including phenoxy) is 1. The van der Waals surface area contributed by atoms with E-state index in [0.717, 1.165) is 0 Å². The summed E-state index contributed by atoms with van der Waals surface area (Å²) < 4.78 is 5.13. The van der Waals surface area contributed by atoms with Crippen LogP contribution in [0.4, 0.5) is 4.79 Å². The van der Waals surface area contributed by atoms with E-state index in [1.165, 1.54) is 6.08 Å². The molecule has 1 atom stereocenters. The number of rotatable bonds is 3. The third-order valence-electron chi connectivity index (χ3n) is 1.78. The topological polar surface area (TPSA) is 62.1 Å². The van der Waals surface area contributed by atoms with Crippen molar-refractivity contribution >= 4 is 6.09 Å². The van der Waals surface area contributed by atoms with Crippen molar-refractivity contribution in [2.45, 2.75) is 46.3 Å². The number of carbonyl (C=O) groups is 1. The molecule has 0 aliphatic heterocycles. The van der Waals surface area contributed by atoms with Gasteiger partial charge in [0.05, 0.1) is 12.1 Å². The lowest BCUT2D eigenvalue weighted by molar-refractivity contribution is 0.0504. The van der Waals surface area contributed by atoms with E-state index < -0.39 is 11.7 Å². The van der Waals surface area contributed by atoms with E-state index in [2.05, 4.69) is 5.32 Å². The second-order valence-corrected chi connectivity index (χ2v) is 4.90. The van der Waals surface area contributed by atoms with Gasteiger partial charge in [-0.2, -0.15) is 5.26 Å². The van der Waals surface area contributed by atoms with Crippen LogP contribution in [0.5, 0.6) is 0 Å². The Hall–Kier alpha value is -1.50. The summed E-state index contributed by atoms with van der Waals surface area (Å²) in [7, 11) is 0. The van der Waals surface area contributed by atoms with Crippen LogP contribution in [0.2, 0.25) is 0 Å². The second-order valence-electron chi connectivity index (χ2n) is 4.90. The molecule has 0 rings (SSSR count). The van der Waals surface area contributed by atoms with Crippen molar-refractivity contribution in [1.29, 1.82) is 5.26 Å². The number of alkyl carbamates (subject to hydrolysis) is 1. The van der Waals surface area contributed by atoms with Gasteiger partial charge in [0, 0.05) is 6.08 Å². The molecule has 0 spiro atoms. The number of amides is 1. The summed E-state index contributed by atoms with van der Waals surface area (Å²) in [5.74, 6) is 0.206. The maximum atomic E-state index is 11.5. The quantitative estimate of drug-likeness (QED) is 0.749. The van der Waals surface area contributed by atoms with Crippen LogP contribution in [0, 0.1) is 17.2 Å². The summed E-state index contributed by atoms with van der Waals surface area (Å²) in [6.45, 7) is 9.35. The summed E-state index contributed by atoms with van der Waals surface area (Å²) in [4.78, 5) is 11.5. The zero-order chi connectivity index (χ0) is 12.8. The van der Waals surface area contributed by atoms with Gasteiger partial charge in [0.2, 0.25) is 0 Å². The van der Waals surface area contributed by atoms with Gasteiger partial charge >= 0.3 is 6.09 Å². The van der Waals surface area contributed by atoms with Crippen molar-refractivity contribution in [2.75, 3.05) is 0 Å². The lowest BCUT2D eigenvalue weighted by atomic mass is 10.0. The summed E-state index contributed by atoms with van der Waals surface area (Å²) >= 11 is 0. The van der Waals surface area contributed by atoms with Gasteiger partial charge in [0.25, 0.3) is 0 Å². The molecule has 4 heteroatoms. The lowest BCUT2D eigenvalue weighted by Crippen LogP contribution is -2.40. The number of allylic oxidation sites excluding steroid dienone is 1. The van der Waals surface area contributed by atoms with Gasteiger partial charge in [-0.05, 0) is 26.7 Å². The first-order chi connectivity index (χ1) is 7.26. The number of hydrogen-bond acceptors (Lipinski definition) is 3. The summed E-state index contributed by atoms with van der Waals surface area (Å²) in [6, 6.07) is 1.72. The Bertz CT molecular complexity index is 295. The van der Waals surface area contributed by atoms with Crippen LogP contribution in [0.3, 0.4) is 0 Å². The second kappa shape index (κ2) is 6.16. The molecule has 0 saturated heterocycles. The SMILES string of the molecule is CC(C)C(C=CC#N)NC(=O)OC(C)(C)C. The zero-order valence-electron chi connectivity index (χ0n) is 10.6. The predicted octanol–water partition coefficient (Wildman–Crippen LogP) is 2.62. The highest BCUT2D eigenvalue weighted by atomic mass is 16.6. The molecule has 4 nitrogen and oxygen atoms in total. The van der Waals surface area contributed by atoms with Gasteiger partial charge < -0.3 is 10.1 Å². The van der Waals surface area contributed by atoms with Crippen LogP contribution in [0.25, 0.3) is 0 Å². The Morgan fingerprint density at radius 2 is 2.00 bits per heavy atom. The number of nitrogens with one attached hydrogen (secondary N) is 1. The Labute approximate surface area is 97.3 Å². The fraction of sp³-hybridized carbons (Fsp3) is 0.667. The van der Waals surface area contributed by atoms with Gasteiger partial charge in [-0.15, -0.1) is 0 Å². The van der Waals surface area contributed by atoms with Crippen LogP contribution in [0.15, 0.2) is 12.2 Å². The summed E-state index contributed by atoms with van der Waals surface area (Å²) in [5, 5.41) is 11.1. The Morgan fingerprint density at radius 1 is 1.44 bits per heavy atom. The molecule has 0 aromatic carbocycles. The molecule has 16 heavy (non-hydrogen) atoms. The van der Waals surface area contributed by atoms with E-state index in [1.54, 1.807) is 6.08 Å². The van der Waals surface area contributed by atoms with Crippen molar-refractivity contribution in [3.8, 4) is 6.07 Å². The largest absolute Gasteiger partial charge is 0.444 e. The highest BCUT2D eigenvalue weighted by molar-refractivity contribution is 5.68. The van der Waals surface area contributed by atoms with Gasteiger partial charge in [-0.3, -0.25) is 0 Å². The minimum absolute atomic E-state index is 0.186. The van der Waals surface area contributed by atoms with Gasteiger partial charge in [-0.1, -0.05) is 19.9 Å². The molecule has 0 heterocycles. The Morgan fingerprint density at radius 3 is 2.38 bits per heavy atom. The molecule has 1 N–H and O–H groups in total. The fourth-order valence-electron chi connectivity index (χ4n) is 1.03. The first-order valence-corrected chi connectivity index (χ1v) is 5.32. The van der Waals surface area contributed by atoms with Crippen molar-refractivity contribution in [2.24, 2.45) is 5.92 Å². The Kier molecular flexibility index (Phi) is 5.59.